The molecule has 0 atom stereocenters. The quantitative estimate of drug-likeness (QED) is 0.531. The van der Waals surface area contributed by atoms with Gasteiger partial charge in [0.05, 0.1) is 19.2 Å². The maximum atomic E-state index is 12.7. The van der Waals surface area contributed by atoms with E-state index in [1.807, 2.05) is 55.5 Å². The van der Waals surface area contributed by atoms with Gasteiger partial charge in [0.1, 0.15) is 5.75 Å². The zero-order valence-electron chi connectivity index (χ0n) is 16.8. The summed E-state index contributed by atoms with van der Waals surface area (Å²) >= 11 is 0. The van der Waals surface area contributed by atoms with Crippen LogP contribution < -0.4 is 15.8 Å². The van der Waals surface area contributed by atoms with Gasteiger partial charge in [-0.3, -0.25) is 9.36 Å². The number of amides is 1. The Labute approximate surface area is 173 Å². The lowest BCUT2D eigenvalue weighted by Gasteiger charge is -2.10. The molecule has 1 heterocycles. The number of oxazole rings is 1. The second-order valence-electron chi connectivity index (χ2n) is 7.12. The van der Waals surface area contributed by atoms with E-state index < -0.39 is 5.76 Å². The van der Waals surface area contributed by atoms with Crippen LogP contribution in [0.1, 0.15) is 27.0 Å². The molecule has 0 aliphatic rings. The van der Waals surface area contributed by atoms with E-state index >= 15 is 0 Å². The molecular formula is C24H22N2O4. The van der Waals surface area contributed by atoms with E-state index in [0.717, 1.165) is 22.4 Å². The lowest BCUT2D eigenvalue weighted by atomic mass is 10.1. The average molecular weight is 402 g/mol. The Kier molecular flexibility index (Phi) is 5.39. The lowest BCUT2D eigenvalue weighted by Crippen LogP contribution is -2.23. The minimum absolute atomic E-state index is 0.238. The third kappa shape index (κ3) is 3.98. The second-order valence-corrected chi connectivity index (χ2v) is 7.12. The molecule has 0 spiro atoms. The predicted octanol–water partition coefficient (Wildman–Crippen LogP) is 3.89. The van der Waals surface area contributed by atoms with Crippen LogP contribution in [-0.2, 0) is 13.1 Å². The fourth-order valence-corrected chi connectivity index (χ4v) is 3.36. The van der Waals surface area contributed by atoms with E-state index in [9.17, 15) is 9.59 Å². The molecule has 0 fully saturated rings. The molecule has 3 aromatic carbocycles. The fraction of sp³-hybridized carbons (Fsp3) is 0.167. The summed E-state index contributed by atoms with van der Waals surface area (Å²) in [5.74, 6) is 0.0329. The van der Waals surface area contributed by atoms with Gasteiger partial charge in [-0.15, -0.1) is 0 Å². The number of ether oxygens (including phenoxy) is 1. The Morgan fingerprint density at radius 1 is 1.07 bits per heavy atom. The number of methoxy groups -OCH3 is 1. The summed E-state index contributed by atoms with van der Waals surface area (Å²) in [5, 5.41) is 2.90. The van der Waals surface area contributed by atoms with Crippen molar-refractivity contribution in [3.63, 3.8) is 0 Å². The fourth-order valence-electron chi connectivity index (χ4n) is 3.36. The summed E-state index contributed by atoms with van der Waals surface area (Å²) in [6.45, 7) is 2.72. The molecule has 4 aromatic rings. The summed E-state index contributed by atoms with van der Waals surface area (Å²) < 4.78 is 12.2. The van der Waals surface area contributed by atoms with Crippen LogP contribution >= 0.6 is 0 Å². The molecule has 6 heteroatoms. The minimum Gasteiger partial charge on any atom is -0.496 e. The highest BCUT2D eigenvalue weighted by molar-refractivity contribution is 5.97. The number of aromatic nitrogens is 1. The highest BCUT2D eigenvalue weighted by Gasteiger charge is 2.14. The van der Waals surface area contributed by atoms with Crippen LogP contribution in [0.2, 0.25) is 0 Å². The maximum absolute atomic E-state index is 12.7. The molecule has 1 aromatic heterocycles. The molecule has 152 valence electrons. The van der Waals surface area contributed by atoms with Crippen molar-refractivity contribution in [2.24, 2.45) is 0 Å². The summed E-state index contributed by atoms with van der Waals surface area (Å²) in [5.41, 5.74) is 4.51. The molecule has 4 rings (SSSR count). The highest BCUT2D eigenvalue weighted by atomic mass is 16.5. The Balaban J connectivity index is 1.58. The van der Waals surface area contributed by atoms with Crippen molar-refractivity contribution in [2.75, 3.05) is 7.11 Å². The van der Waals surface area contributed by atoms with Gasteiger partial charge < -0.3 is 14.5 Å². The zero-order chi connectivity index (χ0) is 21.1. The normalized spacial score (nSPS) is 10.9. The van der Waals surface area contributed by atoms with Crippen LogP contribution in [-0.4, -0.2) is 17.6 Å². The number of carbonyl (C=O) groups excluding carboxylic acids is 1. The van der Waals surface area contributed by atoms with Crippen molar-refractivity contribution in [1.29, 1.82) is 0 Å². The van der Waals surface area contributed by atoms with Crippen molar-refractivity contribution in [2.45, 2.75) is 20.0 Å². The van der Waals surface area contributed by atoms with Crippen LogP contribution in [0.4, 0.5) is 0 Å². The molecule has 0 saturated carbocycles. The molecule has 0 aliphatic heterocycles. The van der Waals surface area contributed by atoms with Gasteiger partial charge in [-0.05, 0) is 36.8 Å². The van der Waals surface area contributed by atoms with Crippen molar-refractivity contribution < 1.29 is 13.9 Å². The van der Waals surface area contributed by atoms with Crippen LogP contribution in [0.5, 0.6) is 5.75 Å². The number of hydrogen-bond donors (Lipinski definition) is 1. The van der Waals surface area contributed by atoms with Crippen LogP contribution in [0.3, 0.4) is 0 Å². The number of aryl methyl sites for hydroxylation is 1. The molecule has 0 saturated heterocycles. The number of hydrogen-bond acceptors (Lipinski definition) is 4. The first kappa shape index (κ1) is 19.5. The van der Waals surface area contributed by atoms with Gasteiger partial charge >= 0.3 is 5.76 Å². The largest absolute Gasteiger partial charge is 0.496 e. The van der Waals surface area contributed by atoms with Gasteiger partial charge in [-0.2, -0.15) is 0 Å². The monoisotopic (exact) mass is 402 g/mol. The van der Waals surface area contributed by atoms with Gasteiger partial charge in [-0.1, -0.05) is 48.0 Å². The Hall–Kier alpha value is -3.80. The second kappa shape index (κ2) is 8.29. The summed E-state index contributed by atoms with van der Waals surface area (Å²) in [7, 11) is 1.60. The topological polar surface area (TPSA) is 73.5 Å². The molecular weight excluding hydrogens is 380 g/mol. The lowest BCUT2D eigenvalue weighted by molar-refractivity contribution is 0.0951. The van der Waals surface area contributed by atoms with Crippen molar-refractivity contribution >= 4 is 17.0 Å². The molecule has 30 heavy (non-hydrogen) atoms. The van der Waals surface area contributed by atoms with E-state index in [2.05, 4.69) is 5.32 Å². The SMILES string of the molecule is COc1ccccc1CNC(=O)c1ccc2oc(=O)n(Cc3ccc(C)cc3)c2c1. The third-order valence-electron chi connectivity index (χ3n) is 5.02. The molecule has 0 radical (unpaired) electrons. The zero-order valence-corrected chi connectivity index (χ0v) is 16.8. The predicted molar refractivity (Wildman–Crippen MR) is 115 cm³/mol. The first-order valence-electron chi connectivity index (χ1n) is 9.64. The molecule has 0 aliphatic carbocycles. The van der Waals surface area contributed by atoms with E-state index in [1.54, 1.807) is 25.3 Å². The number of benzene rings is 3. The number of para-hydroxylation sites is 1. The van der Waals surface area contributed by atoms with Crippen molar-refractivity contribution in [3.05, 3.63) is 99.5 Å². The van der Waals surface area contributed by atoms with Gasteiger partial charge in [0, 0.05) is 17.7 Å². The number of rotatable bonds is 6. The summed E-state index contributed by atoms with van der Waals surface area (Å²) in [4.78, 5) is 25.1. The van der Waals surface area contributed by atoms with Crippen LogP contribution in [0.25, 0.3) is 11.1 Å². The Morgan fingerprint density at radius 3 is 2.60 bits per heavy atom. The molecule has 0 unspecified atom stereocenters. The van der Waals surface area contributed by atoms with Gasteiger partial charge in [-0.25, -0.2) is 4.79 Å². The average Bonchev–Trinajstić information content (AvgIpc) is 3.08. The highest BCUT2D eigenvalue weighted by Crippen LogP contribution is 2.19. The van der Waals surface area contributed by atoms with Gasteiger partial charge in [0.15, 0.2) is 5.58 Å². The number of nitrogens with zero attached hydrogens (tertiary/aromatic N) is 1. The van der Waals surface area contributed by atoms with E-state index in [0.29, 0.717) is 29.8 Å². The number of fused-ring (bicyclic) bond motifs is 1. The summed E-state index contributed by atoms with van der Waals surface area (Å²) in [6, 6.07) is 20.5. The van der Waals surface area contributed by atoms with Crippen LogP contribution in [0, 0.1) is 6.92 Å². The first-order valence-corrected chi connectivity index (χ1v) is 9.64. The molecule has 0 bridgehead atoms. The molecule has 1 N–H and O–H groups in total. The van der Waals surface area contributed by atoms with Crippen molar-refractivity contribution in [3.8, 4) is 5.75 Å². The van der Waals surface area contributed by atoms with E-state index in [1.165, 1.54) is 4.57 Å². The van der Waals surface area contributed by atoms with Crippen molar-refractivity contribution in [1.82, 2.24) is 9.88 Å². The van der Waals surface area contributed by atoms with E-state index in [4.69, 9.17) is 9.15 Å². The number of carbonyl (C=O) groups is 1. The molecule has 6 nitrogen and oxygen atoms in total. The minimum atomic E-state index is -0.447. The smallest absolute Gasteiger partial charge is 0.420 e. The number of nitrogens with one attached hydrogen (secondary N) is 1. The van der Waals surface area contributed by atoms with E-state index in [-0.39, 0.29) is 5.91 Å². The summed E-state index contributed by atoms with van der Waals surface area (Å²) in [6.07, 6.45) is 0. The maximum Gasteiger partial charge on any atom is 0.420 e. The van der Waals surface area contributed by atoms with Gasteiger partial charge in [0.2, 0.25) is 0 Å². The standard InChI is InChI=1S/C24H22N2O4/c1-16-7-9-17(10-8-16)15-26-20-13-18(11-12-22(20)30-24(26)28)23(27)25-14-19-5-3-4-6-21(19)29-2/h3-13H,14-15H2,1-2H3,(H,25,27). The van der Waals surface area contributed by atoms with Gasteiger partial charge in [0.25, 0.3) is 5.91 Å². The third-order valence-corrected chi connectivity index (χ3v) is 5.02. The first-order chi connectivity index (χ1) is 14.5. The Bertz CT molecular complexity index is 1250. The van der Waals surface area contributed by atoms with Crippen LogP contribution in [0.15, 0.2) is 75.9 Å². The Morgan fingerprint density at radius 2 is 1.83 bits per heavy atom. The molecule has 1 amide bonds.